The first kappa shape index (κ1) is 16.7. The highest BCUT2D eigenvalue weighted by Gasteiger charge is 2.16. The monoisotopic (exact) mass is 348 g/mol. The van der Waals surface area contributed by atoms with Crippen LogP contribution >= 0.6 is 11.6 Å². The lowest BCUT2D eigenvalue weighted by Gasteiger charge is -2.30. The molecule has 2 aromatic rings. The number of nitrogens with one attached hydrogen (secondary N) is 2. The molecule has 0 unspecified atom stereocenters. The molecule has 0 radical (unpaired) electrons. The van der Waals surface area contributed by atoms with Crippen LogP contribution in [0, 0.1) is 0 Å². The first-order chi connectivity index (χ1) is 11.6. The van der Waals surface area contributed by atoms with E-state index in [1.807, 2.05) is 42.2 Å². The maximum atomic E-state index is 12.2. The summed E-state index contributed by atoms with van der Waals surface area (Å²) >= 11 is 6.10. The second kappa shape index (κ2) is 7.59. The van der Waals surface area contributed by atoms with Gasteiger partial charge in [-0.2, -0.15) is 0 Å². The number of aromatic nitrogens is 1. The van der Waals surface area contributed by atoms with Crippen LogP contribution in [-0.4, -0.2) is 36.9 Å². The lowest BCUT2D eigenvalue weighted by atomic mass is 10.2. The molecule has 0 atom stereocenters. The summed E-state index contributed by atoms with van der Waals surface area (Å²) in [7, 11) is 1.95. The van der Waals surface area contributed by atoms with Crippen molar-refractivity contribution >= 4 is 29.0 Å². The van der Waals surface area contributed by atoms with E-state index in [0.717, 1.165) is 24.3 Å². The summed E-state index contributed by atoms with van der Waals surface area (Å²) in [6, 6.07) is 7.25. The van der Waals surface area contributed by atoms with Gasteiger partial charge in [0.1, 0.15) is 0 Å². The Balaban J connectivity index is 1.66. The minimum Gasteiger partial charge on any atom is -0.378 e. The first-order valence-corrected chi connectivity index (χ1v) is 8.27. The molecule has 1 fully saturated rings. The van der Waals surface area contributed by atoms with Crippen molar-refractivity contribution in [3.63, 3.8) is 0 Å². The normalized spacial score (nSPS) is 14.5. The van der Waals surface area contributed by atoms with E-state index >= 15 is 0 Å². The van der Waals surface area contributed by atoms with Crippen LogP contribution in [-0.2, 0) is 18.3 Å². The third-order valence-corrected chi connectivity index (χ3v) is 4.14. The van der Waals surface area contributed by atoms with E-state index in [-0.39, 0.29) is 6.03 Å². The standard InChI is InChI=1S/C17H21ClN4O2/c1-21-5-4-13(12-21)11-19-17(23)20-15-10-14(18)2-3-16(15)22-6-8-24-9-7-22/h2-5,10,12H,6-9,11H2,1H3,(H2,19,20,23). The van der Waals surface area contributed by atoms with Gasteiger partial charge >= 0.3 is 6.03 Å². The van der Waals surface area contributed by atoms with E-state index in [2.05, 4.69) is 15.5 Å². The van der Waals surface area contributed by atoms with Crippen molar-refractivity contribution < 1.29 is 9.53 Å². The number of amides is 2. The summed E-state index contributed by atoms with van der Waals surface area (Å²) in [4.78, 5) is 14.4. The summed E-state index contributed by atoms with van der Waals surface area (Å²) in [6.45, 7) is 3.43. The van der Waals surface area contributed by atoms with E-state index in [9.17, 15) is 4.79 Å². The molecule has 128 valence electrons. The second-order valence-corrected chi connectivity index (χ2v) is 6.19. The number of ether oxygens (including phenoxy) is 1. The Kier molecular flexibility index (Phi) is 5.27. The summed E-state index contributed by atoms with van der Waals surface area (Å²) in [5.41, 5.74) is 2.71. The molecule has 2 amide bonds. The minimum atomic E-state index is -0.254. The molecule has 2 N–H and O–H groups in total. The van der Waals surface area contributed by atoms with E-state index in [4.69, 9.17) is 16.3 Å². The molecule has 0 saturated carbocycles. The lowest BCUT2D eigenvalue weighted by molar-refractivity contribution is 0.123. The maximum Gasteiger partial charge on any atom is 0.319 e. The van der Waals surface area contributed by atoms with E-state index < -0.39 is 0 Å². The molecular weight excluding hydrogens is 328 g/mol. The van der Waals surface area contributed by atoms with Crippen LogP contribution in [0.3, 0.4) is 0 Å². The van der Waals surface area contributed by atoms with Gasteiger partial charge in [0.15, 0.2) is 0 Å². The number of morpholine rings is 1. The zero-order chi connectivity index (χ0) is 16.9. The Morgan fingerprint density at radius 3 is 2.79 bits per heavy atom. The molecule has 24 heavy (non-hydrogen) atoms. The average molecular weight is 349 g/mol. The summed E-state index contributed by atoms with van der Waals surface area (Å²) in [5.74, 6) is 0. The minimum absolute atomic E-state index is 0.254. The number of nitrogens with zero attached hydrogens (tertiary/aromatic N) is 2. The van der Waals surface area contributed by atoms with Crippen molar-refractivity contribution in [2.24, 2.45) is 7.05 Å². The average Bonchev–Trinajstić information content (AvgIpc) is 2.99. The highest BCUT2D eigenvalue weighted by molar-refractivity contribution is 6.31. The third-order valence-electron chi connectivity index (χ3n) is 3.90. The van der Waals surface area contributed by atoms with Crippen LogP contribution in [0.1, 0.15) is 5.56 Å². The van der Waals surface area contributed by atoms with Gasteiger partial charge in [-0.3, -0.25) is 0 Å². The lowest BCUT2D eigenvalue weighted by Crippen LogP contribution is -2.37. The molecule has 1 aromatic heterocycles. The van der Waals surface area contributed by atoms with E-state index in [1.54, 1.807) is 6.07 Å². The predicted molar refractivity (Wildman–Crippen MR) is 95.8 cm³/mol. The number of carbonyl (C=O) groups is 1. The van der Waals surface area contributed by atoms with Crippen LogP contribution in [0.2, 0.25) is 5.02 Å². The van der Waals surface area contributed by atoms with Gasteiger partial charge in [-0.05, 0) is 29.8 Å². The van der Waals surface area contributed by atoms with Crippen molar-refractivity contribution in [1.29, 1.82) is 0 Å². The van der Waals surface area contributed by atoms with Crippen LogP contribution in [0.25, 0.3) is 0 Å². The molecular formula is C17H21ClN4O2. The molecule has 1 aliphatic rings. The topological polar surface area (TPSA) is 58.5 Å². The zero-order valence-corrected chi connectivity index (χ0v) is 14.3. The van der Waals surface area contributed by atoms with Crippen molar-refractivity contribution in [3.8, 4) is 0 Å². The molecule has 0 bridgehead atoms. The summed E-state index contributed by atoms with van der Waals surface area (Å²) in [6.07, 6.45) is 3.92. The highest BCUT2D eigenvalue weighted by atomic mass is 35.5. The second-order valence-electron chi connectivity index (χ2n) is 5.75. The maximum absolute atomic E-state index is 12.2. The van der Waals surface area contributed by atoms with Crippen molar-refractivity contribution in [3.05, 3.63) is 47.2 Å². The third kappa shape index (κ3) is 4.21. The fourth-order valence-electron chi connectivity index (χ4n) is 2.70. The zero-order valence-electron chi connectivity index (χ0n) is 13.6. The van der Waals surface area contributed by atoms with Crippen LogP contribution in [0.5, 0.6) is 0 Å². The molecule has 6 nitrogen and oxygen atoms in total. The van der Waals surface area contributed by atoms with Crippen molar-refractivity contribution in [1.82, 2.24) is 9.88 Å². The number of urea groups is 1. The van der Waals surface area contributed by atoms with Gasteiger partial charge in [-0.1, -0.05) is 11.6 Å². The largest absolute Gasteiger partial charge is 0.378 e. The van der Waals surface area contributed by atoms with Gasteiger partial charge in [0, 0.05) is 44.1 Å². The Bertz CT molecular complexity index is 710. The fraction of sp³-hybridized carbons (Fsp3) is 0.353. The molecule has 0 spiro atoms. The fourth-order valence-corrected chi connectivity index (χ4v) is 2.87. The molecule has 2 heterocycles. The molecule has 1 aliphatic heterocycles. The summed E-state index contributed by atoms with van der Waals surface area (Å²) in [5, 5.41) is 6.35. The highest BCUT2D eigenvalue weighted by Crippen LogP contribution is 2.29. The summed E-state index contributed by atoms with van der Waals surface area (Å²) < 4.78 is 7.33. The van der Waals surface area contributed by atoms with Gasteiger partial charge in [0.2, 0.25) is 0 Å². The molecule has 7 heteroatoms. The number of hydrogen-bond donors (Lipinski definition) is 2. The van der Waals surface area contributed by atoms with Crippen molar-refractivity contribution in [2.75, 3.05) is 36.5 Å². The SMILES string of the molecule is Cn1ccc(CNC(=O)Nc2cc(Cl)ccc2N2CCOCC2)c1. The van der Waals surface area contributed by atoms with Gasteiger partial charge < -0.3 is 24.8 Å². The van der Waals surface area contributed by atoms with Crippen LogP contribution < -0.4 is 15.5 Å². The number of aryl methyl sites for hydroxylation is 1. The molecule has 0 aliphatic carbocycles. The smallest absolute Gasteiger partial charge is 0.319 e. The van der Waals surface area contributed by atoms with Gasteiger partial charge in [-0.25, -0.2) is 4.79 Å². The van der Waals surface area contributed by atoms with Crippen LogP contribution in [0.4, 0.5) is 16.2 Å². The Morgan fingerprint density at radius 1 is 1.29 bits per heavy atom. The number of benzene rings is 1. The Labute approximate surface area is 146 Å². The quantitative estimate of drug-likeness (QED) is 0.893. The number of anilines is 2. The Hall–Kier alpha value is -2.18. The number of rotatable bonds is 4. The van der Waals surface area contributed by atoms with Crippen molar-refractivity contribution in [2.45, 2.75) is 6.54 Å². The predicted octanol–water partition coefficient (Wildman–Crippen LogP) is 2.84. The van der Waals surface area contributed by atoms with Gasteiger partial charge in [-0.15, -0.1) is 0 Å². The molecule has 3 rings (SSSR count). The molecule has 1 saturated heterocycles. The van der Waals surface area contributed by atoms with Gasteiger partial charge in [0.05, 0.1) is 24.6 Å². The molecule has 1 aromatic carbocycles. The first-order valence-electron chi connectivity index (χ1n) is 7.90. The van der Waals surface area contributed by atoms with Crippen LogP contribution in [0.15, 0.2) is 36.7 Å². The number of halogens is 1. The number of hydrogen-bond acceptors (Lipinski definition) is 3. The van der Waals surface area contributed by atoms with E-state index in [1.165, 1.54) is 0 Å². The van der Waals surface area contributed by atoms with Gasteiger partial charge in [0.25, 0.3) is 0 Å². The Morgan fingerprint density at radius 2 is 2.08 bits per heavy atom. The number of carbonyl (C=O) groups excluding carboxylic acids is 1. The van der Waals surface area contributed by atoms with E-state index in [0.29, 0.717) is 30.5 Å².